The summed E-state index contributed by atoms with van der Waals surface area (Å²) in [7, 11) is 0. The number of alkyl halides is 3. The van der Waals surface area contributed by atoms with Crippen LogP contribution in [0.15, 0.2) is 36.4 Å². The Morgan fingerprint density at radius 3 is 2.91 bits per heavy atom. The van der Waals surface area contributed by atoms with E-state index in [1.165, 1.54) is 4.90 Å². The van der Waals surface area contributed by atoms with Gasteiger partial charge in [-0.15, -0.1) is 0 Å². The molecule has 2 aliphatic heterocycles. The zero-order valence-electron chi connectivity index (χ0n) is 18.3. The molecular formula is C23H22F3N5O3. The van der Waals surface area contributed by atoms with Gasteiger partial charge in [0, 0.05) is 29.9 Å². The van der Waals surface area contributed by atoms with Gasteiger partial charge in [0.1, 0.15) is 6.54 Å². The summed E-state index contributed by atoms with van der Waals surface area (Å²) < 4.78 is 45.0. The topological polar surface area (TPSA) is 90.6 Å². The van der Waals surface area contributed by atoms with Crippen LogP contribution in [0.3, 0.4) is 0 Å². The highest BCUT2D eigenvalue weighted by Gasteiger charge is 2.47. The molecule has 1 saturated heterocycles. The largest absolute Gasteiger partial charge is 0.411 e. The molecule has 3 heterocycles. The van der Waals surface area contributed by atoms with E-state index in [1.807, 2.05) is 25.1 Å². The van der Waals surface area contributed by atoms with Gasteiger partial charge in [0.15, 0.2) is 6.04 Å². The lowest BCUT2D eigenvalue weighted by atomic mass is 10.1. The number of ether oxygens (including phenoxy) is 1. The molecule has 0 radical (unpaired) electrons. The van der Waals surface area contributed by atoms with Crippen molar-refractivity contribution >= 4 is 34.1 Å². The highest BCUT2D eigenvalue weighted by atomic mass is 19.4. The number of fused-ring (bicyclic) bond motifs is 2. The molecule has 0 bridgehead atoms. The summed E-state index contributed by atoms with van der Waals surface area (Å²) in [6.07, 6.45) is -4.60. The number of rotatable bonds is 4. The third kappa shape index (κ3) is 3.96. The lowest BCUT2D eigenvalue weighted by molar-refractivity contribution is -0.213. The second kappa shape index (κ2) is 8.32. The van der Waals surface area contributed by atoms with Crippen molar-refractivity contribution in [2.24, 2.45) is 0 Å². The molecule has 0 saturated carbocycles. The number of amides is 2. The second-order valence-corrected chi connectivity index (χ2v) is 8.43. The summed E-state index contributed by atoms with van der Waals surface area (Å²) in [5, 5.41) is 11.4. The summed E-state index contributed by atoms with van der Waals surface area (Å²) in [5.74, 6) is -1.15. The van der Waals surface area contributed by atoms with E-state index < -0.39 is 37.2 Å². The number of H-pyrrole nitrogens is 1. The molecule has 0 aliphatic carbocycles. The number of hydrogen-bond acceptors (Lipinski definition) is 5. The van der Waals surface area contributed by atoms with E-state index in [4.69, 9.17) is 4.74 Å². The lowest BCUT2D eigenvalue weighted by Crippen LogP contribution is -2.57. The Morgan fingerprint density at radius 2 is 2.12 bits per heavy atom. The molecular weight excluding hydrogens is 451 g/mol. The predicted octanol–water partition coefficient (Wildman–Crippen LogP) is 3.36. The summed E-state index contributed by atoms with van der Waals surface area (Å²) >= 11 is 0. The van der Waals surface area contributed by atoms with E-state index >= 15 is 0 Å². The van der Waals surface area contributed by atoms with Crippen molar-refractivity contribution in [2.75, 3.05) is 31.6 Å². The van der Waals surface area contributed by atoms with Crippen molar-refractivity contribution in [3.63, 3.8) is 0 Å². The molecule has 8 nitrogen and oxygen atoms in total. The van der Waals surface area contributed by atoms with Crippen LogP contribution in [0.2, 0.25) is 0 Å². The smallest absolute Gasteiger partial charge is 0.377 e. The van der Waals surface area contributed by atoms with Crippen molar-refractivity contribution in [3.05, 3.63) is 53.2 Å². The van der Waals surface area contributed by atoms with Gasteiger partial charge in [-0.1, -0.05) is 12.1 Å². The number of nitrogens with one attached hydrogen (secondary N) is 2. The van der Waals surface area contributed by atoms with E-state index in [-0.39, 0.29) is 19.7 Å². The monoisotopic (exact) mass is 473 g/mol. The standard InChI is InChI=1S/C23H22F3N5O3/c1-13-16-6-5-15(9-18(16)29-28-13)27-17-4-2-3-14-10-30(22(33)21(14)17)11-20(32)31-7-8-34-12-19(31)23(24,25)26/h2-6,9,19,27H,7-8,10-12H2,1H3,(H,28,29). The average molecular weight is 473 g/mol. The number of aromatic amines is 1. The molecule has 1 unspecified atom stereocenters. The van der Waals surface area contributed by atoms with Gasteiger partial charge in [0.05, 0.1) is 30.0 Å². The van der Waals surface area contributed by atoms with Crippen LogP contribution in [-0.4, -0.2) is 70.3 Å². The van der Waals surface area contributed by atoms with Crippen molar-refractivity contribution in [3.8, 4) is 0 Å². The molecule has 0 spiro atoms. The van der Waals surface area contributed by atoms with Crippen LogP contribution in [0.4, 0.5) is 24.5 Å². The number of carbonyl (C=O) groups excluding carboxylic acids is 2. The van der Waals surface area contributed by atoms with Gasteiger partial charge in [-0.05, 0) is 36.8 Å². The Kier molecular flexibility index (Phi) is 5.43. The second-order valence-electron chi connectivity index (χ2n) is 8.43. The highest BCUT2D eigenvalue weighted by molar-refractivity contribution is 6.05. The van der Waals surface area contributed by atoms with Crippen molar-refractivity contribution in [1.82, 2.24) is 20.0 Å². The minimum absolute atomic E-state index is 0.0282. The lowest BCUT2D eigenvalue weighted by Gasteiger charge is -2.37. The van der Waals surface area contributed by atoms with Gasteiger partial charge in [0.25, 0.3) is 5.91 Å². The fourth-order valence-corrected chi connectivity index (χ4v) is 4.46. The van der Waals surface area contributed by atoms with Crippen LogP contribution < -0.4 is 5.32 Å². The van der Waals surface area contributed by atoms with E-state index in [0.717, 1.165) is 27.2 Å². The fourth-order valence-electron chi connectivity index (χ4n) is 4.46. The number of carbonyl (C=O) groups is 2. The molecule has 11 heteroatoms. The Morgan fingerprint density at radius 1 is 1.29 bits per heavy atom. The number of halogens is 3. The third-order valence-electron chi connectivity index (χ3n) is 6.19. The molecule has 2 aliphatic rings. The molecule has 34 heavy (non-hydrogen) atoms. The maximum Gasteiger partial charge on any atom is 0.411 e. The van der Waals surface area contributed by atoms with E-state index in [2.05, 4.69) is 15.5 Å². The van der Waals surface area contributed by atoms with Crippen molar-refractivity contribution in [2.45, 2.75) is 25.7 Å². The van der Waals surface area contributed by atoms with Crippen LogP contribution in [-0.2, 0) is 16.1 Å². The Labute approximate surface area is 192 Å². The SMILES string of the molecule is Cc1[nH]nc2cc(Nc3cccc4c3C(=O)N(CC(=O)N3CCOCC3C(F)(F)F)C4)ccc12. The van der Waals surface area contributed by atoms with Gasteiger partial charge in [0.2, 0.25) is 5.91 Å². The quantitative estimate of drug-likeness (QED) is 0.607. The normalized spacial score (nSPS) is 18.5. The maximum absolute atomic E-state index is 13.3. The third-order valence-corrected chi connectivity index (χ3v) is 6.19. The van der Waals surface area contributed by atoms with Crippen LogP contribution in [0.25, 0.3) is 10.9 Å². The first-order valence-electron chi connectivity index (χ1n) is 10.8. The van der Waals surface area contributed by atoms with Crippen molar-refractivity contribution < 1.29 is 27.5 Å². The van der Waals surface area contributed by atoms with Gasteiger partial charge < -0.3 is 19.9 Å². The minimum atomic E-state index is -4.60. The zero-order chi connectivity index (χ0) is 24.0. The van der Waals surface area contributed by atoms with Crippen LogP contribution in [0.1, 0.15) is 21.6 Å². The summed E-state index contributed by atoms with van der Waals surface area (Å²) in [6.45, 7) is 0.901. The first kappa shape index (κ1) is 22.2. The molecule has 3 aromatic rings. The molecule has 1 atom stereocenters. The van der Waals surface area contributed by atoms with Crippen LogP contribution in [0, 0.1) is 6.92 Å². The van der Waals surface area contributed by atoms with Crippen LogP contribution >= 0.6 is 0 Å². The number of morpholine rings is 1. The number of benzene rings is 2. The fraction of sp³-hybridized carbons (Fsp3) is 0.348. The van der Waals surface area contributed by atoms with Gasteiger partial charge in [-0.2, -0.15) is 18.3 Å². The minimum Gasteiger partial charge on any atom is -0.377 e. The molecule has 1 aromatic heterocycles. The summed E-state index contributed by atoms with van der Waals surface area (Å²) in [6, 6.07) is 8.96. The Bertz CT molecular complexity index is 1270. The summed E-state index contributed by atoms with van der Waals surface area (Å²) in [4.78, 5) is 28.0. The Balaban J connectivity index is 1.34. The van der Waals surface area contributed by atoms with Gasteiger partial charge >= 0.3 is 6.18 Å². The summed E-state index contributed by atoms with van der Waals surface area (Å²) in [5.41, 5.74) is 4.13. The maximum atomic E-state index is 13.3. The van der Waals surface area contributed by atoms with E-state index in [9.17, 15) is 22.8 Å². The number of aryl methyl sites for hydroxylation is 1. The molecule has 178 valence electrons. The van der Waals surface area contributed by atoms with Crippen molar-refractivity contribution in [1.29, 1.82) is 0 Å². The zero-order valence-corrected chi connectivity index (χ0v) is 18.3. The molecule has 2 amide bonds. The molecule has 2 aromatic carbocycles. The Hall–Kier alpha value is -3.60. The number of nitrogens with zero attached hydrogens (tertiary/aromatic N) is 3. The van der Waals surface area contributed by atoms with Gasteiger partial charge in [-0.3, -0.25) is 14.7 Å². The van der Waals surface area contributed by atoms with E-state index in [1.54, 1.807) is 18.2 Å². The predicted molar refractivity (Wildman–Crippen MR) is 118 cm³/mol. The van der Waals surface area contributed by atoms with E-state index in [0.29, 0.717) is 16.8 Å². The molecule has 5 rings (SSSR count). The number of anilines is 2. The molecule has 1 fully saturated rings. The molecule has 2 N–H and O–H groups in total. The van der Waals surface area contributed by atoms with Crippen LogP contribution in [0.5, 0.6) is 0 Å². The number of hydrogen-bond donors (Lipinski definition) is 2. The average Bonchev–Trinajstić information content (AvgIpc) is 3.33. The first-order chi connectivity index (χ1) is 16.2. The number of aromatic nitrogens is 2. The first-order valence-corrected chi connectivity index (χ1v) is 10.8. The van der Waals surface area contributed by atoms with Gasteiger partial charge in [-0.25, -0.2) is 0 Å². The highest BCUT2D eigenvalue weighted by Crippen LogP contribution is 2.33.